The minimum absolute atomic E-state index is 0.0319. The molecule has 0 unspecified atom stereocenters. The monoisotopic (exact) mass is 367 g/mol. The van der Waals surface area contributed by atoms with Gasteiger partial charge in [-0.25, -0.2) is 9.37 Å². The van der Waals surface area contributed by atoms with E-state index in [9.17, 15) is 9.18 Å². The molecule has 1 aliphatic heterocycles. The number of carbonyl (C=O) groups is 1. The second-order valence-corrected chi connectivity index (χ2v) is 7.63. The Labute approximate surface area is 154 Å². The van der Waals surface area contributed by atoms with E-state index in [2.05, 4.69) is 20.3 Å². The molecule has 1 N–H and O–H groups in total. The van der Waals surface area contributed by atoms with Crippen molar-refractivity contribution in [1.82, 2.24) is 15.0 Å². The summed E-state index contributed by atoms with van der Waals surface area (Å²) in [7, 11) is 0. The third-order valence-electron chi connectivity index (χ3n) is 5.41. The number of carbonyl (C=O) groups excluding carboxylic acids is 1. The SMILES string of the molecule is CC1(C)C(=O)N([C@H]2C[C@H](Nc3nc4ccc(F)cc4o3)C2)c2nccnc21. The first kappa shape index (κ1) is 16.2. The second-order valence-electron chi connectivity index (χ2n) is 7.63. The lowest BCUT2D eigenvalue weighted by atomic mass is 9.85. The van der Waals surface area contributed by atoms with Gasteiger partial charge in [-0.3, -0.25) is 14.7 Å². The van der Waals surface area contributed by atoms with Gasteiger partial charge in [-0.15, -0.1) is 0 Å². The first-order valence-electron chi connectivity index (χ1n) is 8.91. The van der Waals surface area contributed by atoms with Crippen molar-refractivity contribution in [3.05, 3.63) is 42.1 Å². The van der Waals surface area contributed by atoms with Gasteiger partial charge in [0.2, 0.25) is 5.91 Å². The molecule has 1 amide bonds. The highest BCUT2D eigenvalue weighted by molar-refractivity contribution is 6.06. The number of nitrogens with one attached hydrogen (secondary N) is 1. The maximum absolute atomic E-state index is 13.3. The normalized spacial score (nSPS) is 23.4. The minimum Gasteiger partial charge on any atom is -0.423 e. The Kier molecular flexibility index (Phi) is 3.28. The lowest BCUT2D eigenvalue weighted by molar-refractivity contribution is -0.123. The van der Waals surface area contributed by atoms with Crippen molar-refractivity contribution in [2.75, 3.05) is 10.2 Å². The zero-order valence-electron chi connectivity index (χ0n) is 14.9. The number of oxazole rings is 1. The number of anilines is 2. The average molecular weight is 367 g/mol. The van der Waals surface area contributed by atoms with E-state index in [1.165, 1.54) is 12.1 Å². The van der Waals surface area contributed by atoms with Crippen LogP contribution in [0.25, 0.3) is 11.1 Å². The summed E-state index contributed by atoms with van der Waals surface area (Å²) in [5, 5.41) is 3.23. The molecule has 27 heavy (non-hydrogen) atoms. The highest BCUT2D eigenvalue weighted by Gasteiger charge is 2.51. The Morgan fingerprint density at radius 3 is 2.85 bits per heavy atom. The summed E-state index contributed by atoms with van der Waals surface area (Å²) < 4.78 is 18.8. The largest absolute Gasteiger partial charge is 0.423 e. The summed E-state index contributed by atoms with van der Waals surface area (Å²) in [6, 6.07) is 4.82. The third-order valence-corrected chi connectivity index (χ3v) is 5.41. The number of benzene rings is 1. The number of hydrogen-bond acceptors (Lipinski definition) is 6. The molecule has 2 aliphatic rings. The van der Waals surface area contributed by atoms with Crippen LogP contribution in [-0.2, 0) is 10.2 Å². The van der Waals surface area contributed by atoms with Crippen LogP contribution in [0, 0.1) is 5.82 Å². The number of amides is 1. The minimum atomic E-state index is -0.660. The van der Waals surface area contributed by atoms with Crippen molar-refractivity contribution in [3.8, 4) is 0 Å². The fourth-order valence-corrected chi connectivity index (χ4v) is 3.84. The molecule has 3 heterocycles. The molecular weight excluding hydrogens is 349 g/mol. The van der Waals surface area contributed by atoms with Crippen LogP contribution in [-0.4, -0.2) is 32.9 Å². The van der Waals surface area contributed by atoms with Crippen molar-refractivity contribution in [3.63, 3.8) is 0 Å². The van der Waals surface area contributed by atoms with Crippen LogP contribution in [0.2, 0.25) is 0 Å². The maximum Gasteiger partial charge on any atom is 0.295 e. The van der Waals surface area contributed by atoms with Gasteiger partial charge in [-0.05, 0) is 38.8 Å². The number of rotatable bonds is 3. The van der Waals surface area contributed by atoms with E-state index in [1.54, 1.807) is 23.4 Å². The smallest absolute Gasteiger partial charge is 0.295 e. The van der Waals surface area contributed by atoms with Crippen molar-refractivity contribution < 1.29 is 13.6 Å². The van der Waals surface area contributed by atoms with Crippen LogP contribution in [0.1, 0.15) is 32.4 Å². The van der Waals surface area contributed by atoms with Crippen LogP contribution in [0.5, 0.6) is 0 Å². The highest BCUT2D eigenvalue weighted by Crippen LogP contribution is 2.43. The average Bonchev–Trinajstić information content (AvgIpc) is 3.09. The Morgan fingerprint density at radius 2 is 2.04 bits per heavy atom. The van der Waals surface area contributed by atoms with E-state index in [1.807, 2.05) is 13.8 Å². The molecule has 7 nitrogen and oxygen atoms in total. The maximum atomic E-state index is 13.3. The van der Waals surface area contributed by atoms with Crippen LogP contribution in [0.15, 0.2) is 35.0 Å². The van der Waals surface area contributed by atoms with Crippen molar-refractivity contribution in [2.45, 2.75) is 44.2 Å². The second kappa shape index (κ2) is 5.48. The molecule has 138 valence electrons. The van der Waals surface area contributed by atoms with E-state index < -0.39 is 5.41 Å². The topological polar surface area (TPSA) is 84.2 Å². The molecule has 0 atom stereocenters. The molecule has 3 aromatic rings. The van der Waals surface area contributed by atoms with Gasteiger partial charge < -0.3 is 9.73 Å². The lowest BCUT2D eigenvalue weighted by Crippen LogP contribution is -2.53. The van der Waals surface area contributed by atoms with Crippen LogP contribution in [0.3, 0.4) is 0 Å². The third kappa shape index (κ3) is 2.39. The summed E-state index contributed by atoms with van der Waals surface area (Å²) in [5.74, 6) is 0.335. The Balaban J connectivity index is 1.31. The standard InChI is InChI=1S/C19H18FN5O2/c1-19(2)15-16(22-6-5-21-15)25(17(19)26)12-8-11(9-12)23-18-24-13-4-3-10(20)7-14(13)27-18/h3-7,11-12H,8-9H2,1-2H3,(H,23,24)/t11-,12-. The summed E-state index contributed by atoms with van der Waals surface area (Å²) in [6.07, 6.45) is 4.75. The summed E-state index contributed by atoms with van der Waals surface area (Å²) in [4.78, 5) is 27.8. The molecular formula is C19H18FN5O2. The van der Waals surface area contributed by atoms with Gasteiger partial charge in [0, 0.05) is 30.5 Å². The van der Waals surface area contributed by atoms with Crippen molar-refractivity contribution >= 4 is 28.8 Å². The highest BCUT2D eigenvalue weighted by atomic mass is 19.1. The van der Waals surface area contributed by atoms with Crippen LogP contribution >= 0.6 is 0 Å². The van der Waals surface area contributed by atoms with Gasteiger partial charge in [-0.1, -0.05) is 0 Å². The van der Waals surface area contributed by atoms with Crippen molar-refractivity contribution in [2.24, 2.45) is 0 Å². The summed E-state index contributed by atoms with van der Waals surface area (Å²) >= 11 is 0. The first-order chi connectivity index (χ1) is 12.9. The molecule has 0 spiro atoms. The summed E-state index contributed by atoms with van der Waals surface area (Å²) in [6.45, 7) is 3.77. The predicted molar refractivity (Wildman–Crippen MR) is 96.9 cm³/mol. The fourth-order valence-electron chi connectivity index (χ4n) is 3.84. The van der Waals surface area contributed by atoms with Crippen LogP contribution in [0.4, 0.5) is 16.2 Å². The number of hydrogen-bond donors (Lipinski definition) is 1. The quantitative estimate of drug-likeness (QED) is 0.766. The lowest BCUT2D eigenvalue weighted by Gasteiger charge is -2.41. The summed E-state index contributed by atoms with van der Waals surface area (Å²) in [5.41, 5.74) is 1.09. The van der Waals surface area contributed by atoms with Gasteiger partial charge in [0.25, 0.3) is 6.01 Å². The van der Waals surface area contributed by atoms with Crippen LogP contribution < -0.4 is 10.2 Å². The van der Waals surface area contributed by atoms with E-state index in [-0.39, 0.29) is 23.8 Å². The van der Waals surface area contributed by atoms with Crippen molar-refractivity contribution in [1.29, 1.82) is 0 Å². The Morgan fingerprint density at radius 1 is 1.26 bits per heavy atom. The zero-order chi connectivity index (χ0) is 18.8. The molecule has 0 saturated heterocycles. The Hall–Kier alpha value is -3.03. The molecule has 8 heteroatoms. The molecule has 2 aromatic heterocycles. The molecule has 0 radical (unpaired) electrons. The Bertz CT molecular complexity index is 1060. The fraction of sp³-hybridized carbons (Fsp3) is 0.368. The number of nitrogens with zero attached hydrogens (tertiary/aromatic N) is 4. The molecule has 1 fully saturated rings. The molecule has 1 aliphatic carbocycles. The molecule has 0 bridgehead atoms. The molecule has 1 aromatic carbocycles. The first-order valence-corrected chi connectivity index (χ1v) is 8.91. The predicted octanol–water partition coefficient (Wildman–Crippen LogP) is 3.02. The number of halogens is 1. The number of fused-ring (bicyclic) bond motifs is 2. The van der Waals surface area contributed by atoms with Gasteiger partial charge in [0.1, 0.15) is 11.3 Å². The van der Waals surface area contributed by atoms with E-state index >= 15 is 0 Å². The van der Waals surface area contributed by atoms with E-state index in [4.69, 9.17) is 4.42 Å². The van der Waals surface area contributed by atoms with E-state index in [0.29, 0.717) is 22.9 Å². The van der Waals surface area contributed by atoms with Gasteiger partial charge in [0.15, 0.2) is 11.4 Å². The zero-order valence-corrected chi connectivity index (χ0v) is 14.9. The molecule has 1 saturated carbocycles. The van der Waals surface area contributed by atoms with E-state index in [0.717, 1.165) is 18.5 Å². The van der Waals surface area contributed by atoms with Gasteiger partial charge in [-0.2, -0.15) is 4.98 Å². The molecule has 5 rings (SSSR count). The van der Waals surface area contributed by atoms with Gasteiger partial charge in [0.05, 0.1) is 11.1 Å². The number of aromatic nitrogens is 3. The van der Waals surface area contributed by atoms with Gasteiger partial charge >= 0.3 is 0 Å².